The summed E-state index contributed by atoms with van der Waals surface area (Å²) in [5.74, 6) is 0.764. The van der Waals surface area contributed by atoms with Crippen molar-refractivity contribution >= 4 is 6.08 Å². The second-order valence-corrected chi connectivity index (χ2v) is 6.02. The number of aromatic nitrogens is 2. The molecule has 0 amide bonds. The molecule has 0 N–H and O–H groups in total. The topological polar surface area (TPSA) is 41.6 Å². The molecule has 1 aliphatic heterocycles. The summed E-state index contributed by atoms with van der Waals surface area (Å²) in [4.78, 5) is 4.33. The summed E-state index contributed by atoms with van der Waals surface area (Å²) < 4.78 is 2.31. The van der Waals surface area contributed by atoms with E-state index in [1.807, 2.05) is 12.5 Å². The number of nitrogens with zero attached hydrogens (tertiary/aromatic N) is 3. The van der Waals surface area contributed by atoms with Crippen LogP contribution < -0.4 is 0 Å². The molecule has 2 heterocycles. The fourth-order valence-electron chi connectivity index (χ4n) is 4.10. The summed E-state index contributed by atoms with van der Waals surface area (Å²) in [5, 5.41) is 9.16. The molecule has 0 saturated heterocycles. The third-order valence-electron chi connectivity index (χ3n) is 5.03. The zero-order chi connectivity index (χ0) is 13.6. The van der Waals surface area contributed by atoms with Gasteiger partial charge in [0, 0.05) is 0 Å². The minimum atomic E-state index is -0.0412. The molecule has 1 aromatic heterocycles. The van der Waals surface area contributed by atoms with Crippen LogP contribution in [-0.4, -0.2) is 9.55 Å². The van der Waals surface area contributed by atoms with Crippen LogP contribution in [0.2, 0.25) is 0 Å². The molecule has 4 rings (SSSR count). The number of nitriles is 1. The molecule has 0 bridgehead atoms. The lowest BCUT2D eigenvalue weighted by Gasteiger charge is -2.34. The molecular formula is C17H17N3. The minimum Gasteiger partial charge on any atom is -0.317 e. The molecule has 3 heteroatoms. The van der Waals surface area contributed by atoms with E-state index in [4.69, 9.17) is 5.26 Å². The van der Waals surface area contributed by atoms with Gasteiger partial charge in [0.25, 0.3) is 0 Å². The third kappa shape index (κ3) is 1.48. The molecule has 1 saturated carbocycles. The predicted octanol–water partition coefficient (Wildman–Crippen LogP) is 3.43. The maximum Gasteiger partial charge on any atom is 0.0961 e. The molecule has 0 radical (unpaired) electrons. The van der Waals surface area contributed by atoms with Gasteiger partial charge in [0.15, 0.2) is 0 Å². The van der Waals surface area contributed by atoms with Gasteiger partial charge in [-0.25, -0.2) is 4.98 Å². The Bertz CT molecular complexity index is 671. The summed E-state index contributed by atoms with van der Waals surface area (Å²) in [6.07, 6.45) is 19.1. The molecule has 100 valence electrons. The number of fused-ring (bicyclic) bond motifs is 4. The Morgan fingerprint density at radius 2 is 2.35 bits per heavy atom. The van der Waals surface area contributed by atoms with Crippen molar-refractivity contribution in [3.63, 3.8) is 0 Å². The standard InChI is InChI=1S/C17H17N3/c18-10-13-4-5-16-14(9-13)6-8-17(16)7-2-1-3-15-11-19-12-20(15)17/h1-3,5,7,11-14H,4,6,8-9H2. The Labute approximate surface area is 118 Å². The molecule has 3 aliphatic rings. The van der Waals surface area contributed by atoms with Crippen LogP contribution in [-0.2, 0) is 5.54 Å². The smallest absolute Gasteiger partial charge is 0.0961 e. The van der Waals surface area contributed by atoms with E-state index in [1.54, 1.807) is 0 Å². The van der Waals surface area contributed by atoms with Gasteiger partial charge in [-0.1, -0.05) is 24.3 Å². The third-order valence-corrected chi connectivity index (χ3v) is 5.03. The van der Waals surface area contributed by atoms with Crippen molar-refractivity contribution in [2.75, 3.05) is 0 Å². The Hall–Kier alpha value is -2.08. The van der Waals surface area contributed by atoms with Crippen molar-refractivity contribution in [3.05, 3.63) is 48.1 Å². The largest absolute Gasteiger partial charge is 0.317 e. The Morgan fingerprint density at radius 3 is 3.25 bits per heavy atom. The van der Waals surface area contributed by atoms with E-state index in [-0.39, 0.29) is 11.5 Å². The summed E-state index contributed by atoms with van der Waals surface area (Å²) in [6, 6.07) is 2.44. The molecule has 3 nitrogen and oxygen atoms in total. The van der Waals surface area contributed by atoms with Crippen LogP contribution in [0.25, 0.3) is 6.08 Å². The zero-order valence-electron chi connectivity index (χ0n) is 11.4. The van der Waals surface area contributed by atoms with Crippen LogP contribution in [0.5, 0.6) is 0 Å². The number of rotatable bonds is 0. The molecule has 3 atom stereocenters. The number of hydrogen-bond donors (Lipinski definition) is 0. The van der Waals surface area contributed by atoms with Crippen molar-refractivity contribution in [3.8, 4) is 6.07 Å². The van der Waals surface area contributed by atoms with Gasteiger partial charge in [-0.3, -0.25) is 0 Å². The first kappa shape index (κ1) is 11.7. The van der Waals surface area contributed by atoms with Crippen LogP contribution in [0.15, 0.2) is 42.4 Å². The van der Waals surface area contributed by atoms with E-state index in [2.05, 4.69) is 46.0 Å². The fraction of sp³-hybridized carbons (Fsp3) is 0.412. The van der Waals surface area contributed by atoms with E-state index in [0.717, 1.165) is 19.3 Å². The monoisotopic (exact) mass is 263 g/mol. The first-order chi connectivity index (χ1) is 9.83. The Morgan fingerprint density at radius 1 is 1.40 bits per heavy atom. The molecule has 0 aromatic carbocycles. The average Bonchev–Trinajstić information content (AvgIpc) is 3.04. The molecule has 3 unspecified atom stereocenters. The zero-order valence-corrected chi connectivity index (χ0v) is 11.4. The van der Waals surface area contributed by atoms with Crippen molar-refractivity contribution < 1.29 is 0 Å². The van der Waals surface area contributed by atoms with E-state index in [0.29, 0.717) is 5.92 Å². The molecule has 1 aromatic rings. The summed E-state index contributed by atoms with van der Waals surface area (Å²) in [5.41, 5.74) is 2.63. The SMILES string of the molecule is N#CC1CC=C2C(CCC23C=CC=Cc2cncn23)C1. The lowest BCUT2D eigenvalue weighted by atomic mass is 9.78. The highest BCUT2D eigenvalue weighted by atomic mass is 15.1. The summed E-state index contributed by atoms with van der Waals surface area (Å²) >= 11 is 0. The quantitative estimate of drug-likeness (QED) is 0.673. The second kappa shape index (κ2) is 4.21. The van der Waals surface area contributed by atoms with Gasteiger partial charge >= 0.3 is 0 Å². The van der Waals surface area contributed by atoms with Gasteiger partial charge in [-0.2, -0.15) is 5.26 Å². The summed E-state index contributed by atoms with van der Waals surface area (Å²) in [7, 11) is 0. The van der Waals surface area contributed by atoms with Crippen LogP contribution in [0.1, 0.15) is 31.4 Å². The molecular weight excluding hydrogens is 246 g/mol. The van der Waals surface area contributed by atoms with Crippen LogP contribution in [0.3, 0.4) is 0 Å². The van der Waals surface area contributed by atoms with E-state index >= 15 is 0 Å². The molecule has 1 spiro atoms. The highest BCUT2D eigenvalue weighted by Gasteiger charge is 2.46. The molecule has 20 heavy (non-hydrogen) atoms. The predicted molar refractivity (Wildman–Crippen MR) is 77.5 cm³/mol. The number of imidazole rings is 1. The van der Waals surface area contributed by atoms with E-state index in [1.165, 1.54) is 17.7 Å². The lowest BCUT2D eigenvalue weighted by Crippen LogP contribution is -2.32. The van der Waals surface area contributed by atoms with Gasteiger partial charge in [0.1, 0.15) is 0 Å². The van der Waals surface area contributed by atoms with Crippen molar-refractivity contribution in [1.29, 1.82) is 5.26 Å². The van der Waals surface area contributed by atoms with Crippen LogP contribution in [0.4, 0.5) is 0 Å². The number of hydrogen-bond acceptors (Lipinski definition) is 2. The average molecular weight is 263 g/mol. The maximum absolute atomic E-state index is 9.16. The van der Waals surface area contributed by atoms with E-state index in [9.17, 15) is 0 Å². The number of allylic oxidation sites excluding steroid dienone is 5. The van der Waals surface area contributed by atoms with Gasteiger partial charge in [-0.15, -0.1) is 0 Å². The first-order valence-electron chi connectivity index (χ1n) is 7.32. The van der Waals surface area contributed by atoms with Crippen LogP contribution in [0, 0.1) is 23.2 Å². The second-order valence-electron chi connectivity index (χ2n) is 6.02. The summed E-state index contributed by atoms with van der Waals surface area (Å²) in [6.45, 7) is 0. The highest BCUT2D eigenvalue weighted by Crippen LogP contribution is 2.51. The fourth-order valence-corrected chi connectivity index (χ4v) is 4.10. The lowest BCUT2D eigenvalue weighted by molar-refractivity contribution is 0.425. The van der Waals surface area contributed by atoms with Crippen molar-refractivity contribution in [1.82, 2.24) is 9.55 Å². The first-order valence-corrected chi connectivity index (χ1v) is 7.32. The minimum absolute atomic E-state index is 0.0412. The van der Waals surface area contributed by atoms with Gasteiger partial charge < -0.3 is 4.57 Å². The normalized spacial score (nSPS) is 34.2. The molecule has 2 aliphatic carbocycles. The highest BCUT2D eigenvalue weighted by molar-refractivity contribution is 5.52. The molecule has 1 fully saturated rings. The van der Waals surface area contributed by atoms with E-state index < -0.39 is 0 Å². The maximum atomic E-state index is 9.16. The van der Waals surface area contributed by atoms with Crippen molar-refractivity contribution in [2.45, 2.75) is 31.2 Å². The Kier molecular flexibility index (Phi) is 2.47. The Balaban J connectivity index is 1.84. The van der Waals surface area contributed by atoms with Gasteiger partial charge in [-0.05, 0) is 43.3 Å². The van der Waals surface area contributed by atoms with Gasteiger partial charge in [0.05, 0.1) is 35.7 Å². The van der Waals surface area contributed by atoms with Crippen molar-refractivity contribution in [2.24, 2.45) is 11.8 Å². The van der Waals surface area contributed by atoms with Crippen LogP contribution >= 0.6 is 0 Å². The van der Waals surface area contributed by atoms with Gasteiger partial charge in [0.2, 0.25) is 0 Å².